The van der Waals surface area contributed by atoms with Crippen LogP contribution in [-0.4, -0.2) is 73.8 Å². The molecule has 0 aliphatic carbocycles. The minimum atomic E-state index is -0.109. The number of hydrogen-bond donors (Lipinski definition) is 1. The SMILES string of the molecule is COc1ccc(OCC(=O)NCCCN2CCN(c3ncccn3)CC2)cc1. The summed E-state index contributed by atoms with van der Waals surface area (Å²) in [4.78, 5) is 25.1. The van der Waals surface area contributed by atoms with Crippen molar-refractivity contribution in [3.63, 3.8) is 0 Å². The van der Waals surface area contributed by atoms with Crippen LogP contribution in [0.15, 0.2) is 42.7 Å². The minimum Gasteiger partial charge on any atom is -0.497 e. The topological polar surface area (TPSA) is 79.8 Å². The number of benzene rings is 1. The van der Waals surface area contributed by atoms with Gasteiger partial charge in [-0.3, -0.25) is 9.69 Å². The molecule has 1 saturated heterocycles. The van der Waals surface area contributed by atoms with Crippen LogP contribution in [-0.2, 0) is 4.79 Å². The number of aromatic nitrogens is 2. The van der Waals surface area contributed by atoms with Crippen molar-refractivity contribution in [2.45, 2.75) is 6.42 Å². The molecule has 0 spiro atoms. The molecule has 1 N–H and O–H groups in total. The molecule has 1 aliphatic rings. The lowest BCUT2D eigenvalue weighted by Crippen LogP contribution is -2.47. The average Bonchev–Trinajstić information content (AvgIpc) is 2.76. The zero-order chi connectivity index (χ0) is 19.6. The van der Waals surface area contributed by atoms with Gasteiger partial charge in [0.05, 0.1) is 7.11 Å². The van der Waals surface area contributed by atoms with Crippen molar-refractivity contribution < 1.29 is 14.3 Å². The van der Waals surface area contributed by atoms with Crippen LogP contribution in [0.1, 0.15) is 6.42 Å². The zero-order valence-corrected chi connectivity index (χ0v) is 16.2. The molecule has 8 heteroatoms. The predicted molar refractivity (Wildman–Crippen MR) is 107 cm³/mol. The molecule has 0 radical (unpaired) electrons. The highest BCUT2D eigenvalue weighted by atomic mass is 16.5. The highest BCUT2D eigenvalue weighted by Gasteiger charge is 2.18. The molecular formula is C20H27N5O3. The maximum Gasteiger partial charge on any atom is 0.257 e. The number of rotatable bonds is 9. The van der Waals surface area contributed by atoms with Crippen molar-refractivity contribution in [3.8, 4) is 11.5 Å². The maximum atomic E-state index is 11.9. The Balaban J connectivity index is 1.26. The van der Waals surface area contributed by atoms with Crippen LogP contribution in [0.2, 0.25) is 0 Å². The standard InChI is InChI=1S/C20H27N5O3/c1-27-17-4-6-18(7-5-17)28-16-19(26)21-10-3-11-24-12-14-25(15-13-24)20-22-8-2-9-23-20/h2,4-9H,3,10-16H2,1H3,(H,21,26). The first-order valence-corrected chi connectivity index (χ1v) is 9.52. The van der Waals surface area contributed by atoms with Gasteiger partial charge in [0.1, 0.15) is 11.5 Å². The van der Waals surface area contributed by atoms with Gasteiger partial charge in [-0.25, -0.2) is 9.97 Å². The second-order valence-corrected chi connectivity index (χ2v) is 6.55. The molecule has 0 saturated carbocycles. The number of carbonyl (C=O) groups is 1. The number of amides is 1. The summed E-state index contributed by atoms with van der Waals surface area (Å²) in [5, 5.41) is 2.90. The third-order valence-electron chi connectivity index (χ3n) is 4.61. The molecule has 28 heavy (non-hydrogen) atoms. The summed E-state index contributed by atoms with van der Waals surface area (Å²) in [7, 11) is 1.61. The molecule has 1 amide bonds. The van der Waals surface area contributed by atoms with E-state index >= 15 is 0 Å². The van der Waals surface area contributed by atoms with Crippen molar-refractivity contribution in [3.05, 3.63) is 42.7 Å². The summed E-state index contributed by atoms with van der Waals surface area (Å²) >= 11 is 0. The Bertz CT molecular complexity index is 718. The fraction of sp³-hybridized carbons (Fsp3) is 0.450. The number of hydrogen-bond acceptors (Lipinski definition) is 7. The Morgan fingerprint density at radius 3 is 2.43 bits per heavy atom. The van der Waals surface area contributed by atoms with Crippen molar-refractivity contribution >= 4 is 11.9 Å². The Morgan fingerprint density at radius 1 is 1.07 bits per heavy atom. The number of anilines is 1. The van der Waals surface area contributed by atoms with Gasteiger partial charge in [0.25, 0.3) is 5.91 Å². The molecule has 150 valence electrons. The van der Waals surface area contributed by atoms with Gasteiger partial charge in [-0.2, -0.15) is 0 Å². The van der Waals surface area contributed by atoms with E-state index in [0.717, 1.165) is 50.8 Å². The van der Waals surface area contributed by atoms with Gasteiger partial charge in [-0.05, 0) is 43.3 Å². The fourth-order valence-corrected chi connectivity index (χ4v) is 3.03. The quantitative estimate of drug-likeness (QED) is 0.650. The maximum absolute atomic E-state index is 11.9. The Kier molecular flexibility index (Phi) is 7.43. The molecule has 0 unspecified atom stereocenters. The van der Waals surface area contributed by atoms with Crippen LogP contribution in [0.5, 0.6) is 11.5 Å². The van der Waals surface area contributed by atoms with E-state index in [0.29, 0.717) is 12.3 Å². The highest BCUT2D eigenvalue weighted by Crippen LogP contribution is 2.16. The van der Waals surface area contributed by atoms with Crippen LogP contribution in [0.25, 0.3) is 0 Å². The normalized spacial score (nSPS) is 14.5. The summed E-state index contributed by atoms with van der Waals surface area (Å²) in [5.74, 6) is 2.10. The lowest BCUT2D eigenvalue weighted by atomic mass is 10.3. The van der Waals surface area contributed by atoms with Gasteiger partial charge in [0.15, 0.2) is 6.61 Å². The first kappa shape index (κ1) is 19.9. The molecular weight excluding hydrogens is 358 g/mol. The van der Waals surface area contributed by atoms with E-state index in [2.05, 4.69) is 25.1 Å². The lowest BCUT2D eigenvalue weighted by molar-refractivity contribution is -0.123. The number of ether oxygens (including phenoxy) is 2. The van der Waals surface area contributed by atoms with Crippen molar-refractivity contribution in [1.29, 1.82) is 0 Å². The molecule has 2 heterocycles. The first-order valence-electron chi connectivity index (χ1n) is 9.52. The summed E-state index contributed by atoms with van der Waals surface area (Å²) in [5.41, 5.74) is 0. The molecule has 1 aromatic heterocycles. The van der Waals surface area contributed by atoms with E-state index in [1.807, 2.05) is 6.07 Å². The number of methoxy groups -OCH3 is 1. The average molecular weight is 385 g/mol. The summed E-state index contributed by atoms with van der Waals surface area (Å²) in [6, 6.07) is 9.00. The smallest absolute Gasteiger partial charge is 0.257 e. The monoisotopic (exact) mass is 385 g/mol. The van der Waals surface area contributed by atoms with Gasteiger partial charge in [-0.1, -0.05) is 0 Å². The number of piperazine rings is 1. The van der Waals surface area contributed by atoms with Gasteiger partial charge in [-0.15, -0.1) is 0 Å². The minimum absolute atomic E-state index is 0.0160. The highest BCUT2D eigenvalue weighted by molar-refractivity contribution is 5.77. The van der Waals surface area contributed by atoms with Crippen molar-refractivity contribution in [2.24, 2.45) is 0 Å². The van der Waals surface area contributed by atoms with E-state index in [-0.39, 0.29) is 12.5 Å². The third kappa shape index (κ3) is 6.09. The largest absolute Gasteiger partial charge is 0.497 e. The van der Waals surface area contributed by atoms with Crippen LogP contribution in [0, 0.1) is 0 Å². The van der Waals surface area contributed by atoms with Gasteiger partial charge >= 0.3 is 0 Å². The Morgan fingerprint density at radius 2 is 1.75 bits per heavy atom. The molecule has 8 nitrogen and oxygen atoms in total. The second-order valence-electron chi connectivity index (χ2n) is 6.55. The van der Waals surface area contributed by atoms with Crippen molar-refractivity contribution in [2.75, 3.05) is 57.9 Å². The molecule has 3 rings (SSSR count). The predicted octanol–water partition coefficient (Wildman–Crippen LogP) is 1.19. The number of carbonyl (C=O) groups excluding carboxylic acids is 1. The van der Waals surface area contributed by atoms with Crippen LogP contribution >= 0.6 is 0 Å². The number of nitrogens with one attached hydrogen (secondary N) is 1. The summed E-state index contributed by atoms with van der Waals surface area (Å²) in [6.07, 6.45) is 4.46. The molecule has 2 aromatic rings. The second kappa shape index (κ2) is 10.5. The van der Waals surface area contributed by atoms with Crippen LogP contribution in [0.3, 0.4) is 0 Å². The van der Waals surface area contributed by atoms with E-state index in [4.69, 9.17) is 9.47 Å². The van der Waals surface area contributed by atoms with Crippen molar-refractivity contribution in [1.82, 2.24) is 20.2 Å². The van der Waals surface area contributed by atoms with Crippen LogP contribution in [0.4, 0.5) is 5.95 Å². The van der Waals surface area contributed by atoms with Gasteiger partial charge in [0.2, 0.25) is 5.95 Å². The third-order valence-corrected chi connectivity index (χ3v) is 4.61. The zero-order valence-electron chi connectivity index (χ0n) is 16.2. The van der Waals surface area contributed by atoms with Gasteiger partial charge in [0, 0.05) is 45.1 Å². The van der Waals surface area contributed by atoms with E-state index < -0.39 is 0 Å². The molecule has 0 atom stereocenters. The Labute approximate surface area is 165 Å². The fourth-order valence-electron chi connectivity index (χ4n) is 3.03. The van der Waals surface area contributed by atoms with Gasteiger partial charge < -0.3 is 19.7 Å². The van der Waals surface area contributed by atoms with E-state index in [1.54, 1.807) is 43.8 Å². The molecule has 0 bridgehead atoms. The summed E-state index contributed by atoms with van der Waals surface area (Å²) < 4.78 is 10.6. The molecule has 1 aromatic carbocycles. The van der Waals surface area contributed by atoms with Crippen LogP contribution < -0.4 is 19.7 Å². The first-order chi connectivity index (χ1) is 13.7. The Hall–Kier alpha value is -2.87. The van der Waals surface area contributed by atoms with E-state index in [9.17, 15) is 4.79 Å². The molecule has 1 fully saturated rings. The molecule has 1 aliphatic heterocycles. The lowest BCUT2D eigenvalue weighted by Gasteiger charge is -2.34. The number of nitrogens with zero attached hydrogens (tertiary/aromatic N) is 4. The summed E-state index contributed by atoms with van der Waals surface area (Å²) in [6.45, 7) is 5.43. The van der Waals surface area contributed by atoms with E-state index in [1.165, 1.54) is 0 Å².